The smallest absolute Gasteiger partial charge is 0.191 e. The highest BCUT2D eigenvalue weighted by molar-refractivity contribution is 7.98. The number of hydrogen-bond donors (Lipinski definition) is 1. The number of thioether (sulfide) groups is 1. The van der Waals surface area contributed by atoms with E-state index in [1.165, 1.54) is 12.8 Å². The van der Waals surface area contributed by atoms with Crippen molar-refractivity contribution in [2.24, 2.45) is 12.8 Å². The van der Waals surface area contributed by atoms with Crippen LogP contribution < -0.4 is 5.73 Å². The van der Waals surface area contributed by atoms with Gasteiger partial charge in [-0.3, -0.25) is 0 Å². The maximum atomic E-state index is 5.58. The lowest BCUT2D eigenvalue weighted by Gasteiger charge is -2.05. The minimum atomic E-state index is 0. The van der Waals surface area contributed by atoms with E-state index >= 15 is 0 Å². The first-order valence-corrected chi connectivity index (χ1v) is 7.01. The maximum Gasteiger partial charge on any atom is 0.191 e. The summed E-state index contributed by atoms with van der Waals surface area (Å²) in [7, 11) is 1.94. The van der Waals surface area contributed by atoms with Crippen LogP contribution in [-0.2, 0) is 19.3 Å². The molecule has 0 radical (unpaired) electrons. The van der Waals surface area contributed by atoms with Gasteiger partial charge in [-0.25, -0.2) is 4.98 Å². The second kappa shape index (κ2) is 7.31. The molecule has 2 aromatic rings. The van der Waals surface area contributed by atoms with Gasteiger partial charge in [-0.05, 0) is 12.8 Å². The normalized spacial score (nSPS) is 13.7. The van der Waals surface area contributed by atoms with Gasteiger partial charge < -0.3 is 14.9 Å². The molecule has 9 heteroatoms. The number of rotatable bonds is 5. The summed E-state index contributed by atoms with van der Waals surface area (Å²) in [5.74, 6) is 2.74. The molecule has 0 aliphatic heterocycles. The van der Waals surface area contributed by atoms with Crippen molar-refractivity contribution < 1.29 is 0 Å². The number of nitrogens with zero attached hydrogens (tertiary/aromatic N) is 5. The van der Waals surface area contributed by atoms with Gasteiger partial charge in [-0.1, -0.05) is 11.8 Å². The van der Waals surface area contributed by atoms with Crippen molar-refractivity contribution in [1.29, 1.82) is 0 Å². The van der Waals surface area contributed by atoms with Crippen LogP contribution in [0.5, 0.6) is 0 Å². The molecule has 20 heavy (non-hydrogen) atoms. The molecule has 3 rings (SSSR count). The van der Waals surface area contributed by atoms with Gasteiger partial charge in [0.05, 0.1) is 12.3 Å². The lowest BCUT2D eigenvalue weighted by atomic mass is 10.6. The van der Waals surface area contributed by atoms with E-state index in [-0.39, 0.29) is 24.8 Å². The van der Waals surface area contributed by atoms with Crippen LogP contribution in [0.4, 0.5) is 0 Å². The van der Waals surface area contributed by atoms with E-state index in [1.807, 2.05) is 17.8 Å². The second-order valence-corrected chi connectivity index (χ2v) is 5.38. The van der Waals surface area contributed by atoms with E-state index in [4.69, 9.17) is 5.73 Å². The molecule has 1 fully saturated rings. The fourth-order valence-corrected chi connectivity index (χ4v) is 2.80. The summed E-state index contributed by atoms with van der Waals surface area (Å²) in [6, 6.07) is 0.669. The zero-order chi connectivity index (χ0) is 12.5. The van der Waals surface area contributed by atoms with Crippen LogP contribution in [-0.4, -0.2) is 24.3 Å². The van der Waals surface area contributed by atoms with E-state index in [2.05, 4.69) is 25.9 Å². The third-order valence-electron chi connectivity index (χ3n) is 3.13. The highest BCUT2D eigenvalue weighted by Gasteiger charge is 2.25. The summed E-state index contributed by atoms with van der Waals surface area (Å²) in [4.78, 5) is 4.41. The van der Waals surface area contributed by atoms with Crippen molar-refractivity contribution in [3.8, 4) is 0 Å². The number of hydrogen-bond acceptors (Lipinski definition) is 5. The third kappa shape index (κ3) is 3.46. The summed E-state index contributed by atoms with van der Waals surface area (Å²) in [6.07, 6.45) is 6.48. The Balaban J connectivity index is 0.000001000. The molecule has 0 atom stereocenters. The highest BCUT2D eigenvalue weighted by atomic mass is 35.5. The van der Waals surface area contributed by atoms with Crippen LogP contribution >= 0.6 is 36.6 Å². The molecule has 0 aromatic carbocycles. The van der Waals surface area contributed by atoms with Crippen molar-refractivity contribution in [1.82, 2.24) is 24.3 Å². The Bertz CT molecular complexity index is 551. The number of halogens is 2. The Labute approximate surface area is 134 Å². The van der Waals surface area contributed by atoms with Crippen LogP contribution in [0.1, 0.15) is 30.5 Å². The van der Waals surface area contributed by atoms with Crippen molar-refractivity contribution in [3.63, 3.8) is 0 Å². The van der Waals surface area contributed by atoms with Gasteiger partial charge in [0.2, 0.25) is 0 Å². The largest absolute Gasteiger partial charge is 0.331 e. The molecule has 6 nitrogen and oxygen atoms in total. The standard InChI is InChI=1S/C11H16N6S.2ClH/c1-16-9(6-12)14-15-11(16)18-7-10-13-4-5-17(10)8-2-3-8;;/h4-5,8H,2-3,6-7,12H2,1H3;2*1H. The van der Waals surface area contributed by atoms with Gasteiger partial charge in [0.1, 0.15) is 11.6 Å². The fourth-order valence-electron chi connectivity index (χ4n) is 1.92. The molecule has 0 saturated heterocycles. The van der Waals surface area contributed by atoms with Gasteiger partial charge in [-0.15, -0.1) is 35.0 Å². The van der Waals surface area contributed by atoms with E-state index in [0.717, 1.165) is 22.6 Å². The van der Waals surface area contributed by atoms with Gasteiger partial charge in [0, 0.05) is 25.5 Å². The number of imidazole rings is 1. The first kappa shape index (κ1) is 17.3. The van der Waals surface area contributed by atoms with E-state index in [0.29, 0.717) is 12.6 Å². The van der Waals surface area contributed by atoms with Gasteiger partial charge >= 0.3 is 0 Å². The zero-order valence-corrected chi connectivity index (χ0v) is 13.5. The molecule has 0 amide bonds. The summed E-state index contributed by atoms with van der Waals surface area (Å²) >= 11 is 1.65. The first-order chi connectivity index (χ1) is 8.79. The van der Waals surface area contributed by atoms with Crippen LogP contribution in [0.2, 0.25) is 0 Å². The summed E-state index contributed by atoms with van der Waals surface area (Å²) < 4.78 is 4.21. The average Bonchev–Trinajstić information content (AvgIpc) is 3.01. The van der Waals surface area contributed by atoms with Crippen LogP contribution in [0, 0.1) is 0 Å². The zero-order valence-electron chi connectivity index (χ0n) is 11.1. The van der Waals surface area contributed by atoms with Crippen LogP contribution in [0.3, 0.4) is 0 Å². The monoisotopic (exact) mass is 336 g/mol. The molecular formula is C11H18Cl2N6S. The number of nitrogens with two attached hydrogens (primary N) is 1. The SMILES string of the molecule is Cl.Cl.Cn1c(CN)nnc1SCc1nccn1C1CC1. The number of aromatic nitrogens is 5. The van der Waals surface area contributed by atoms with Crippen LogP contribution in [0.15, 0.2) is 17.6 Å². The van der Waals surface area contributed by atoms with Crippen molar-refractivity contribution in [3.05, 3.63) is 24.0 Å². The van der Waals surface area contributed by atoms with Gasteiger partial charge in [0.15, 0.2) is 5.16 Å². The predicted molar refractivity (Wildman–Crippen MR) is 83.4 cm³/mol. The summed E-state index contributed by atoms with van der Waals surface area (Å²) in [5.41, 5.74) is 5.58. The summed E-state index contributed by atoms with van der Waals surface area (Å²) in [6.45, 7) is 0.417. The topological polar surface area (TPSA) is 74.6 Å². The molecular weight excluding hydrogens is 319 g/mol. The molecule has 1 saturated carbocycles. The van der Waals surface area contributed by atoms with E-state index in [1.54, 1.807) is 11.8 Å². The molecule has 0 spiro atoms. The van der Waals surface area contributed by atoms with Crippen LogP contribution in [0.25, 0.3) is 0 Å². The maximum absolute atomic E-state index is 5.58. The molecule has 0 unspecified atom stereocenters. The van der Waals surface area contributed by atoms with Gasteiger partial charge in [-0.2, -0.15) is 0 Å². The third-order valence-corrected chi connectivity index (χ3v) is 4.14. The fraction of sp³-hybridized carbons (Fsp3) is 0.545. The quantitative estimate of drug-likeness (QED) is 0.844. The Kier molecular flexibility index (Phi) is 6.32. The van der Waals surface area contributed by atoms with E-state index < -0.39 is 0 Å². The molecule has 2 heterocycles. The second-order valence-electron chi connectivity index (χ2n) is 4.43. The average molecular weight is 337 g/mol. The van der Waals surface area contributed by atoms with Crippen molar-refractivity contribution >= 4 is 36.6 Å². The van der Waals surface area contributed by atoms with Crippen molar-refractivity contribution in [2.45, 2.75) is 36.3 Å². The molecule has 1 aliphatic rings. The Morgan fingerprint density at radius 2 is 2.05 bits per heavy atom. The first-order valence-electron chi connectivity index (χ1n) is 6.02. The summed E-state index contributed by atoms with van der Waals surface area (Å²) in [5, 5.41) is 9.07. The molecule has 0 bridgehead atoms. The Morgan fingerprint density at radius 1 is 1.30 bits per heavy atom. The predicted octanol–water partition coefficient (Wildman–Crippen LogP) is 1.94. The minimum Gasteiger partial charge on any atom is -0.331 e. The minimum absolute atomic E-state index is 0. The molecule has 112 valence electrons. The lowest BCUT2D eigenvalue weighted by molar-refractivity contribution is 0.703. The van der Waals surface area contributed by atoms with E-state index in [9.17, 15) is 0 Å². The van der Waals surface area contributed by atoms with Crippen molar-refractivity contribution in [2.75, 3.05) is 0 Å². The molecule has 1 aliphatic carbocycles. The molecule has 2 aromatic heterocycles. The highest BCUT2D eigenvalue weighted by Crippen LogP contribution is 2.36. The lowest BCUT2D eigenvalue weighted by Crippen LogP contribution is -2.05. The Morgan fingerprint density at radius 3 is 2.65 bits per heavy atom. The molecule has 2 N–H and O–H groups in total. The Hall–Kier alpha value is -0.760. The van der Waals surface area contributed by atoms with Gasteiger partial charge in [0.25, 0.3) is 0 Å².